The van der Waals surface area contributed by atoms with Crippen molar-refractivity contribution in [1.29, 1.82) is 0 Å². The molecule has 0 aliphatic heterocycles. The quantitative estimate of drug-likeness (QED) is 0.739. The Hall–Kier alpha value is -2.10. The fourth-order valence-electron chi connectivity index (χ4n) is 1.78. The van der Waals surface area contributed by atoms with Gasteiger partial charge in [-0.05, 0) is 12.1 Å². The van der Waals surface area contributed by atoms with Gasteiger partial charge in [-0.1, -0.05) is 12.1 Å². The Kier molecular flexibility index (Phi) is 2.48. The zero-order valence-electron chi connectivity index (χ0n) is 9.11. The number of Topliss-reactive ketones (excluding diaryl/α,β-unsaturated/α-hetero) is 1. The monoisotopic (exact) mass is 216 g/mol. The second-order valence-corrected chi connectivity index (χ2v) is 3.45. The van der Waals surface area contributed by atoms with Crippen molar-refractivity contribution in [2.75, 3.05) is 14.1 Å². The van der Waals surface area contributed by atoms with Crippen LogP contribution in [0.3, 0.4) is 0 Å². The van der Waals surface area contributed by atoms with Gasteiger partial charge in [-0.2, -0.15) is 0 Å². The van der Waals surface area contributed by atoms with E-state index in [1.54, 1.807) is 38.4 Å². The Morgan fingerprint density at radius 3 is 2.75 bits per heavy atom. The number of hydrogen-bond acceptors (Lipinski definition) is 4. The van der Waals surface area contributed by atoms with Gasteiger partial charge in [0.1, 0.15) is 5.75 Å². The second kappa shape index (κ2) is 3.81. The maximum absolute atomic E-state index is 12.0. The number of hydrogen-bond donors (Lipinski definition) is 2. The van der Waals surface area contributed by atoms with Gasteiger partial charge >= 0.3 is 0 Å². The average Bonchev–Trinajstić information content (AvgIpc) is 2.30. The molecular weight excluding hydrogens is 204 g/mol. The van der Waals surface area contributed by atoms with E-state index in [1.807, 2.05) is 0 Å². The maximum Gasteiger partial charge on any atom is 0.209 e. The van der Waals surface area contributed by atoms with Crippen molar-refractivity contribution in [3.05, 3.63) is 41.1 Å². The summed E-state index contributed by atoms with van der Waals surface area (Å²) >= 11 is 0. The number of carbonyl (C=O) groups excluding carboxylic acids is 1. The first-order valence-corrected chi connectivity index (χ1v) is 4.92. The van der Waals surface area contributed by atoms with Crippen LogP contribution in [0.4, 0.5) is 0 Å². The molecule has 0 radical (unpaired) electrons. The number of allylic oxidation sites excluding steroid dienone is 2. The molecule has 0 bridgehead atoms. The van der Waals surface area contributed by atoms with Crippen LogP contribution in [0, 0.1) is 0 Å². The minimum Gasteiger partial charge on any atom is -0.507 e. The zero-order valence-corrected chi connectivity index (χ0v) is 9.11. The first kappa shape index (κ1) is 10.4. The molecule has 1 aliphatic carbocycles. The molecular formula is C12H12N2O2. The van der Waals surface area contributed by atoms with E-state index in [2.05, 4.69) is 10.3 Å². The topological polar surface area (TPSA) is 61.7 Å². The van der Waals surface area contributed by atoms with Crippen LogP contribution >= 0.6 is 0 Å². The molecule has 0 spiro atoms. The highest BCUT2D eigenvalue weighted by Gasteiger charge is 2.25. The maximum atomic E-state index is 12.0. The minimum atomic E-state index is -0.124. The lowest BCUT2D eigenvalue weighted by Gasteiger charge is -2.17. The van der Waals surface area contributed by atoms with Crippen molar-refractivity contribution in [3.8, 4) is 5.75 Å². The van der Waals surface area contributed by atoms with Gasteiger partial charge in [0, 0.05) is 19.7 Å². The van der Waals surface area contributed by atoms with Gasteiger partial charge in [0.2, 0.25) is 5.78 Å². The molecule has 1 aromatic rings. The molecule has 0 atom stereocenters. The summed E-state index contributed by atoms with van der Waals surface area (Å²) in [6.07, 6.45) is 1.64. The van der Waals surface area contributed by atoms with E-state index in [4.69, 9.17) is 0 Å². The van der Waals surface area contributed by atoms with Crippen molar-refractivity contribution in [2.45, 2.75) is 0 Å². The number of nitrogens with zero attached hydrogens (tertiary/aromatic N) is 1. The summed E-state index contributed by atoms with van der Waals surface area (Å²) in [4.78, 5) is 16.0. The first-order valence-electron chi connectivity index (χ1n) is 4.92. The molecule has 0 unspecified atom stereocenters. The summed E-state index contributed by atoms with van der Waals surface area (Å²) in [6, 6.07) is 4.89. The Morgan fingerprint density at radius 1 is 1.38 bits per heavy atom. The fourth-order valence-corrected chi connectivity index (χ4v) is 1.78. The molecule has 16 heavy (non-hydrogen) atoms. The number of aliphatic imine (C=N–C) groups is 1. The minimum absolute atomic E-state index is 0.0813. The summed E-state index contributed by atoms with van der Waals surface area (Å²) in [5.41, 5.74) is 2.08. The summed E-state index contributed by atoms with van der Waals surface area (Å²) < 4.78 is 0. The summed E-state index contributed by atoms with van der Waals surface area (Å²) in [5.74, 6) is -0.0429. The second-order valence-electron chi connectivity index (χ2n) is 3.45. The van der Waals surface area contributed by atoms with E-state index in [-0.39, 0.29) is 11.5 Å². The highest BCUT2D eigenvalue weighted by Crippen LogP contribution is 2.27. The summed E-state index contributed by atoms with van der Waals surface area (Å²) in [5, 5.41) is 12.6. The number of carbonyl (C=O) groups is 1. The molecule has 4 heteroatoms. The molecule has 0 saturated heterocycles. The number of ketones is 1. The van der Waals surface area contributed by atoms with E-state index in [9.17, 15) is 9.90 Å². The third-order valence-corrected chi connectivity index (χ3v) is 2.58. The Labute approximate surface area is 93.3 Å². The SMILES string of the molecule is CN=C1C=C(NC)C(=O)c2cccc(O)c21. The van der Waals surface area contributed by atoms with Crippen LogP contribution in [0.25, 0.3) is 0 Å². The molecule has 0 heterocycles. The van der Waals surface area contributed by atoms with Gasteiger partial charge in [-0.15, -0.1) is 0 Å². The Balaban J connectivity index is 2.71. The number of likely N-dealkylation sites (N-methyl/N-ethyl adjacent to an activating group) is 1. The van der Waals surface area contributed by atoms with Gasteiger partial charge in [-0.3, -0.25) is 9.79 Å². The van der Waals surface area contributed by atoms with Gasteiger partial charge in [0.05, 0.1) is 17.0 Å². The third kappa shape index (κ3) is 1.39. The molecule has 1 aromatic carbocycles. The summed E-state index contributed by atoms with van der Waals surface area (Å²) in [7, 11) is 3.32. The van der Waals surface area contributed by atoms with Gasteiger partial charge < -0.3 is 10.4 Å². The van der Waals surface area contributed by atoms with E-state index in [0.717, 1.165) is 0 Å². The van der Waals surface area contributed by atoms with Crippen LogP contribution in [-0.2, 0) is 0 Å². The number of aromatic hydroxyl groups is 1. The largest absolute Gasteiger partial charge is 0.507 e. The number of rotatable bonds is 1. The number of fused-ring (bicyclic) bond motifs is 1. The Morgan fingerprint density at radius 2 is 2.12 bits per heavy atom. The van der Waals surface area contributed by atoms with Crippen molar-refractivity contribution >= 4 is 11.5 Å². The van der Waals surface area contributed by atoms with Gasteiger partial charge in [-0.25, -0.2) is 0 Å². The molecule has 0 saturated carbocycles. The fraction of sp³-hybridized carbons (Fsp3) is 0.167. The zero-order chi connectivity index (χ0) is 11.7. The normalized spacial score (nSPS) is 17.0. The van der Waals surface area contributed by atoms with Crippen molar-refractivity contribution in [3.63, 3.8) is 0 Å². The van der Waals surface area contributed by atoms with E-state index < -0.39 is 0 Å². The Bertz CT molecular complexity index is 516. The number of phenols is 1. The number of phenolic OH excluding ortho intramolecular Hbond substituents is 1. The number of benzene rings is 1. The van der Waals surface area contributed by atoms with E-state index in [0.29, 0.717) is 22.5 Å². The van der Waals surface area contributed by atoms with Crippen LogP contribution in [0.5, 0.6) is 5.75 Å². The molecule has 0 fully saturated rings. The molecule has 82 valence electrons. The highest BCUT2D eigenvalue weighted by atomic mass is 16.3. The van der Waals surface area contributed by atoms with E-state index in [1.165, 1.54) is 0 Å². The first-order chi connectivity index (χ1) is 7.69. The summed E-state index contributed by atoms with van der Waals surface area (Å²) in [6.45, 7) is 0. The van der Waals surface area contributed by atoms with Crippen LogP contribution in [0.15, 0.2) is 35.0 Å². The highest BCUT2D eigenvalue weighted by molar-refractivity contribution is 6.26. The third-order valence-electron chi connectivity index (χ3n) is 2.58. The van der Waals surface area contributed by atoms with E-state index >= 15 is 0 Å². The molecule has 0 amide bonds. The smallest absolute Gasteiger partial charge is 0.209 e. The lowest BCUT2D eigenvalue weighted by molar-refractivity contribution is 0.102. The molecule has 4 nitrogen and oxygen atoms in total. The van der Waals surface area contributed by atoms with Crippen LogP contribution in [0.2, 0.25) is 0 Å². The molecule has 2 rings (SSSR count). The van der Waals surface area contributed by atoms with Crippen LogP contribution < -0.4 is 5.32 Å². The van der Waals surface area contributed by atoms with Gasteiger partial charge in [0.15, 0.2) is 0 Å². The standard InChI is InChI=1S/C12H12N2O2/c1-13-8-6-9(14-2)12(16)7-4-3-5-10(15)11(7)8/h3-6,14-15H,1-2H3. The van der Waals surface area contributed by atoms with Crippen LogP contribution in [0.1, 0.15) is 15.9 Å². The van der Waals surface area contributed by atoms with Crippen molar-refractivity contribution < 1.29 is 9.90 Å². The van der Waals surface area contributed by atoms with Crippen molar-refractivity contribution in [1.82, 2.24) is 5.32 Å². The predicted molar refractivity (Wildman–Crippen MR) is 62.0 cm³/mol. The average molecular weight is 216 g/mol. The molecule has 2 N–H and O–H groups in total. The van der Waals surface area contributed by atoms with Crippen LogP contribution in [-0.4, -0.2) is 30.7 Å². The van der Waals surface area contributed by atoms with Gasteiger partial charge in [0.25, 0.3) is 0 Å². The van der Waals surface area contributed by atoms with Crippen molar-refractivity contribution in [2.24, 2.45) is 4.99 Å². The lowest BCUT2D eigenvalue weighted by atomic mass is 9.91. The molecule has 0 aromatic heterocycles. The molecule has 1 aliphatic rings. The predicted octanol–water partition coefficient (Wildman–Crippen LogP) is 1.11. The lowest BCUT2D eigenvalue weighted by Crippen LogP contribution is -2.24. The number of nitrogens with one attached hydrogen (secondary N) is 1.